The Morgan fingerprint density at radius 2 is 1.59 bits per heavy atom. The summed E-state index contributed by atoms with van der Waals surface area (Å²) < 4.78 is 5.61. The van der Waals surface area contributed by atoms with Crippen molar-refractivity contribution in [2.24, 2.45) is 0 Å². The molecule has 2 aromatic carbocycles. The highest BCUT2D eigenvalue weighted by Gasteiger charge is 2.14. The molecule has 0 aliphatic carbocycles. The molecule has 3 rings (SSSR count). The first kappa shape index (κ1) is 21.2. The fourth-order valence-corrected chi connectivity index (χ4v) is 3.34. The number of piperazine rings is 1. The van der Waals surface area contributed by atoms with Gasteiger partial charge in [0.05, 0.1) is 0 Å². The van der Waals surface area contributed by atoms with Crippen molar-refractivity contribution in [1.29, 1.82) is 0 Å². The third-order valence-corrected chi connectivity index (χ3v) is 5.38. The molecule has 5 nitrogen and oxygen atoms in total. The third-order valence-electron chi connectivity index (χ3n) is 5.38. The maximum atomic E-state index is 12.1. The zero-order chi connectivity index (χ0) is 20.9. The Morgan fingerprint density at radius 3 is 2.17 bits per heavy atom. The molecular formula is C24H33N3O2. The number of anilines is 1. The van der Waals surface area contributed by atoms with E-state index in [1.54, 1.807) is 0 Å². The predicted molar refractivity (Wildman–Crippen MR) is 119 cm³/mol. The van der Waals surface area contributed by atoms with Crippen molar-refractivity contribution in [1.82, 2.24) is 10.2 Å². The molecule has 1 amide bonds. The second kappa shape index (κ2) is 9.31. The van der Waals surface area contributed by atoms with Crippen LogP contribution in [-0.4, -0.2) is 50.6 Å². The Bertz CT molecular complexity index is 786. The SMILES string of the molecule is CN1CCN(c2ccc(CNC(=O)COc3ccc(C(C)(C)C)cc3)cc2)CC1. The molecule has 0 atom stereocenters. The number of nitrogens with zero attached hydrogens (tertiary/aromatic N) is 2. The van der Waals surface area contributed by atoms with E-state index in [0.717, 1.165) is 31.7 Å². The van der Waals surface area contributed by atoms with E-state index in [1.165, 1.54) is 11.3 Å². The predicted octanol–water partition coefficient (Wildman–Crippen LogP) is 3.43. The fraction of sp³-hybridized carbons (Fsp3) is 0.458. The minimum absolute atomic E-state index is 0.0221. The van der Waals surface area contributed by atoms with Crippen LogP contribution < -0.4 is 15.0 Å². The molecule has 1 saturated heterocycles. The van der Waals surface area contributed by atoms with Crippen molar-refractivity contribution in [2.45, 2.75) is 32.7 Å². The van der Waals surface area contributed by atoms with Crippen molar-refractivity contribution in [3.8, 4) is 5.75 Å². The number of nitrogens with one attached hydrogen (secondary N) is 1. The summed E-state index contributed by atoms with van der Waals surface area (Å²) in [5, 5.41) is 2.93. The summed E-state index contributed by atoms with van der Waals surface area (Å²) in [5.41, 5.74) is 3.69. The monoisotopic (exact) mass is 395 g/mol. The highest BCUT2D eigenvalue weighted by molar-refractivity contribution is 5.77. The molecule has 0 radical (unpaired) electrons. The fourth-order valence-electron chi connectivity index (χ4n) is 3.34. The van der Waals surface area contributed by atoms with Crippen LogP contribution >= 0.6 is 0 Å². The zero-order valence-electron chi connectivity index (χ0n) is 18.1. The second-order valence-corrected chi connectivity index (χ2v) is 8.80. The van der Waals surface area contributed by atoms with E-state index in [-0.39, 0.29) is 17.9 Å². The number of carbonyl (C=O) groups excluding carboxylic acids is 1. The molecule has 1 fully saturated rings. The van der Waals surface area contributed by atoms with Crippen LogP contribution in [0.15, 0.2) is 48.5 Å². The maximum Gasteiger partial charge on any atom is 0.258 e. The molecule has 156 valence electrons. The van der Waals surface area contributed by atoms with E-state index in [2.05, 4.69) is 79.3 Å². The Kier molecular flexibility index (Phi) is 6.80. The number of rotatable bonds is 6. The molecule has 0 saturated carbocycles. The topological polar surface area (TPSA) is 44.8 Å². The molecule has 0 spiro atoms. The number of likely N-dealkylation sites (N-methyl/N-ethyl adjacent to an activating group) is 1. The Balaban J connectivity index is 1.42. The molecule has 1 aliphatic rings. The van der Waals surface area contributed by atoms with Crippen molar-refractivity contribution >= 4 is 11.6 Å². The number of carbonyl (C=O) groups is 1. The first-order valence-corrected chi connectivity index (χ1v) is 10.3. The van der Waals surface area contributed by atoms with Gasteiger partial charge in [-0.15, -0.1) is 0 Å². The van der Waals surface area contributed by atoms with Crippen LogP contribution in [-0.2, 0) is 16.8 Å². The molecule has 0 unspecified atom stereocenters. The summed E-state index contributed by atoms with van der Waals surface area (Å²) in [6, 6.07) is 16.4. The van der Waals surface area contributed by atoms with Gasteiger partial charge in [0.1, 0.15) is 5.75 Å². The van der Waals surface area contributed by atoms with E-state index < -0.39 is 0 Å². The van der Waals surface area contributed by atoms with Gasteiger partial charge in [-0.05, 0) is 47.9 Å². The van der Waals surface area contributed by atoms with Gasteiger partial charge in [0.2, 0.25) is 0 Å². The van der Waals surface area contributed by atoms with Crippen LogP contribution in [0.4, 0.5) is 5.69 Å². The molecule has 1 aliphatic heterocycles. The van der Waals surface area contributed by atoms with Gasteiger partial charge in [-0.1, -0.05) is 45.0 Å². The van der Waals surface area contributed by atoms with Crippen LogP contribution in [0.3, 0.4) is 0 Å². The summed E-state index contributed by atoms with van der Waals surface area (Å²) in [7, 11) is 2.16. The lowest BCUT2D eigenvalue weighted by molar-refractivity contribution is -0.123. The third kappa shape index (κ3) is 6.23. The van der Waals surface area contributed by atoms with Gasteiger partial charge >= 0.3 is 0 Å². The summed E-state index contributed by atoms with van der Waals surface area (Å²) in [6.07, 6.45) is 0. The van der Waals surface area contributed by atoms with Crippen LogP contribution in [0, 0.1) is 0 Å². The van der Waals surface area contributed by atoms with Crippen LogP contribution in [0.25, 0.3) is 0 Å². The molecule has 0 aromatic heterocycles. The van der Waals surface area contributed by atoms with Crippen LogP contribution in [0.1, 0.15) is 31.9 Å². The van der Waals surface area contributed by atoms with Gasteiger partial charge in [0, 0.05) is 38.4 Å². The summed E-state index contributed by atoms with van der Waals surface area (Å²) >= 11 is 0. The summed E-state index contributed by atoms with van der Waals surface area (Å²) in [6.45, 7) is 11.4. The van der Waals surface area contributed by atoms with Gasteiger partial charge in [0.15, 0.2) is 6.61 Å². The lowest BCUT2D eigenvalue weighted by atomic mass is 9.87. The first-order chi connectivity index (χ1) is 13.8. The van der Waals surface area contributed by atoms with E-state index in [9.17, 15) is 4.79 Å². The quantitative estimate of drug-likeness (QED) is 0.814. The Labute approximate surface area is 174 Å². The number of hydrogen-bond acceptors (Lipinski definition) is 4. The van der Waals surface area contributed by atoms with Gasteiger partial charge < -0.3 is 19.9 Å². The molecule has 5 heteroatoms. The molecule has 0 bridgehead atoms. The number of ether oxygens (including phenoxy) is 1. The minimum atomic E-state index is -0.118. The molecule has 2 aromatic rings. The normalized spacial score (nSPS) is 15.2. The largest absolute Gasteiger partial charge is 0.484 e. The highest BCUT2D eigenvalue weighted by Crippen LogP contribution is 2.24. The summed E-state index contributed by atoms with van der Waals surface area (Å²) in [5.74, 6) is 0.595. The smallest absolute Gasteiger partial charge is 0.258 e. The number of benzene rings is 2. The van der Waals surface area contributed by atoms with Crippen LogP contribution in [0.2, 0.25) is 0 Å². The maximum absolute atomic E-state index is 12.1. The van der Waals surface area contributed by atoms with Crippen molar-refractivity contribution in [3.63, 3.8) is 0 Å². The van der Waals surface area contributed by atoms with Gasteiger partial charge in [-0.25, -0.2) is 0 Å². The number of amides is 1. The van der Waals surface area contributed by atoms with E-state index in [1.807, 2.05) is 12.1 Å². The van der Waals surface area contributed by atoms with Crippen molar-refractivity contribution in [2.75, 3.05) is 44.7 Å². The zero-order valence-corrected chi connectivity index (χ0v) is 18.1. The standard InChI is InChI=1S/C24H33N3O2/c1-24(2,3)20-7-11-22(12-8-20)29-18-23(28)25-17-19-5-9-21(10-6-19)27-15-13-26(4)14-16-27/h5-12H,13-18H2,1-4H3,(H,25,28). The Hall–Kier alpha value is -2.53. The van der Waals surface area contributed by atoms with E-state index in [0.29, 0.717) is 12.3 Å². The van der Waals surface area contributed by atoms with Crippen LogP contribution in [0.5, 0.6) is 5.75 Å². The van der Waals surface area contributed by atoms with E-state index >= 15 is 0 Å². The molecule has 1 N–H and O–H groups in total. The van der Waals surface area contributed by atoms with E-state index in [4.69, 9.17) is 4.74 Å². The average molecular weight is 396 g/mol. The minimum Gasteiger partial charge on any atom is -0.484 e. The Morgan fingerprint density at radius 1 is 0.966 bits per heavy atom. The highest BCUT2D eigenvalue weighted by atomic mass is 16.5. The second-order valence-electron chi connectivity index (χ2n) is 8.80. The van der Waals surface area contributed by atoms with Gasteiger partial charge in [-0.3, -0.25) is 4.79 Å². The first-order valence-electron chi connectivity index (χ1n) is 10.3. The lowest BCUT2D eigenvalue weighted by Gasteiger charge is -2.34. The molecule has 1 heterocycles. The van der Waals surface area contributed by atoms with Crippen molar-refractivity contribution < 1.29 is 9.53 Å². The van der Waals surface area contributed by atoms with Gasteiger partial charge in [0.25, 0.3) is 5.91 Å². The molecule has 29 heavy (non-hydrogen) atoms. The lowest BCUT2D eigenvalue weighted by Crippen LogP contribution is -2.44. The van der Waals surface area contributed by atoms with Gasteiger partial charge in [-0.2, -0.15) is 0 Å². The summed E-state index contributed by atoms with van der Waals surface area (Å²) in [4.78, 5) is 16.9. The number of hydrogen-bond donors (Lipinski definition) is 1. The average Bonchev–Trinajstić information content (AvgIpc) is 2.71. The van der Waals surface area contributed by atoms with Crippen molar-refractivity contribution in [3.05, 3.63) is 59.7 Å². The molecular weight excluding hydrogens is 362 g/mol.